The van der Waals surface area contributed by atoms with Gasteiger partial charge in [-0.15, -0.1) is 0 Å². The minimum Gasteiger partial charge on any atom is -0.481 e. The van der Waals surface area contributed by atoms with E-state index in [1.54, 1.807) is 0 Å². The third-order valence-corrected chi connectivity index (χ3v) is 7.97. The zero-order chi connectivity index (χ0) is 27.8. The molecule has 4 nitrogen and oxygen atoms in total. The first-order chi connectivity index (χ1) is 18.3. The molecule has 0 atom stereocenters. The largest absolute Gasteiger partial charge is 0.481 e. The Hall–Kier alpha value is -2.36. The van der Waals surface area contributed by atoms with Gasteiger partial charge in [-0.1, -0.05) is 127 Å². The summed E-state index contributed by atoms with van der Waals surface area (Å²) in [6.45, 7) is 8.79. The second-order valence-electron chi connectivity index (χ2n) is 11.3. The monoisotopic (exact) mass is 523 g/mol. The number of ketones is 1. The summed E-state index contributed by atoms with van der Waals surface area (Å²) in [7, 11) is 0. The van der Waals surface area contributed by atoms with Gasteiger partial charge in [-0.25, -0.2) is 0 Å². The quantitative estimate of drug-likeness (QED) is 0.131. The van der Waals surface area contributed by atoms with E-state index in [1.165, 1.54) is 89.0 Å². The molecule has 1 aromatic carbocycles. The van der Waals surface area contributed by atoms with E-state index in [0.717, 1.165) is 40.9 Å². The first kappa shape index (κ1) is 31.9. The van der Waals surface area contributed by atoms with E-state index in [-0.39, 0.29) is 12.2 Å². The minimum absolute atomic E-state index is 0.0647. The maximum Gasteiger partial charge on any atom is 0.309 e. The highest BCUT2D eigenvalue weighted by Gasteiger charge is 2.23. The van der Waals surface area contributed by atoms with Crippen molar-refractivity contribution < 1.29 is 14.7 Å². The number of hydrogen-bond donors (Lipinski definition) is 1. The van der Waals surface area contributed by atoms with Crippen molar-refractivity contribution in [2.75, 3.05) is 0 Å². The number of Topliss-reactive ketones (excluding diaryl/α,β-unsaturated/α-hetero) is 1. The molecule has 0 amide bonds. The van der Waals surface area contributed by atoms with E-state index in [1.807, 2.05) is 18.4 Å². The topological polar surface area (TPSA) is 59.3 Å². The molecule has 0 aliphatic carbocycles. The SMILES string of the molecule is CCCCCCCCCCCCCCCCCC(=O)c1c(C)c(CC(=O)O)n(Cc2ccc(C)cc2)c1C. The van der Waals surface area contributed by atoms with E-state index in [2.05, 4.69) is 38.1 Å². The van der Waals surface area contributed by atoms with Gasteiger partial charge in [0, 0.05) is 29.9 Å². The number of carboxylic acids is 1. The Balaban J connectivity index is 1.73. The predicted molar refractivity (Wildman–Crippen MR) is 159 cm³/mol. The van der Waals surface area contributed by atoms with Crippen molar-refractivity contribution in [2.45, 2.75) is 143 Å². The second kappa shape index (κ2) is 18.0. The minimum atomic E-state index is -0.864. The van der Waals surface area contributed by atoms with Crippen LogP contribution < -0.4 is 0 Å². The summed E-state index contributed by atoms with van der Waals surface area (Å²) in [5, 5.41) is 9.51. The lowest BCUT2D eigenvalue weighted by molar-refractivity contribution is -0.136. The second-order valence-corrected chi connectivity index (χ2v) is 11.3. The summed E-state index contributed by atoms with van der Waals surface area (Å²) in [4.78, 5) is 24.8. The van der Waals surface area contributed by atoms with Crippen LogP contribution in [0.3, 0.4) is 0 Å². The van der Waals surface area contributed by atoms with Gasteiger partial charge in [-0.3, -0.25) is 9.59 Å². The first-order valence-electron chi connectivity index (χ1n) is 15.3. The summed E-state index contributed by atoms with van der Waals surface area (Å²) in [5.41, 5.74) is 5.52. The molecule has 0 aliphatic rings. The molecule has 0 saturated heterocycles. The van der Waals surface area contributed by atoms with Crippen molar-refractivity contribution in [3.8, 4) is 0 Å². The Labute approximate surface area is 232 Å². The molecule has 0 fully saturated rings. The van der Waals surface area contributed by atoms with Gasteiger partial charge in [0.1, 0.15) is 0 Å². The standard InChI is InChI=1S/C34H53NO3/c1-5-6-7-8-9-10-11-12-13-14-15-16-17-18-19-20-32(36)34-28(3)31(25-33(37)38)35(29(34)4)26-30-23-21-27(2)22-24-30/h21-24H,5-20,25-26H2,1-4H3,(H,37,38). The summed E-state index contributed by atoms with van der Waals surface area (Å²) in [6, 6.07) is 8.29. The molecule has 0 aliphatic heterocycles. The fourth-order valence-electron chi connectivity index (χ4n) is 5.61. The summed E-state index contributed by atoms with van der Waals surface area (Å²) < 4.78 is 2.04. The summed E-state index contributed by atoms with van der Waals surface area (Å²) in [6.07, 6.45) is 20.1. The molecule has 1 heterocycles. The van der Waals surface area contributed by atoms with Crippen molar-refractivity contribution >= 4 is 11.8 Å². The molecule has 4 heteroatoms. The zero-order valence-corrected chi connectivity index (χ0v) is 24.7. The lowest BCUT2D eigenvalue weighted by Crippen LogP contribution is -2.11. The fraction of sp³-hybridized carbons (Fsp3) is 0.647. The number of aliphatic carboxylic acids is 1. The molecule has 1 aromatic heterocycles. The van der Waals surface area contributed by atoms with Gasteiger partial charge in [0.25, 0.3) is 0 Å². The third-order valence-electron chi connectivity index (χ3n) is 7.97. The Morgan fingerprint density at radius 2 is 1.18 bits per heavy atom. The first-order valence-corrected chi connectivity index (χ1v) is 15.3. The van der Waals surface area contributed by atoms with Crippen molar-refractivity contribution in [1.29, 1.82) is 0 Å². The maximum atomic E-state index is 13.2. The van der Waals surface area contributed by atoms with Crippen LogP contribution in [0.2, 0.25) is 0 Å². The van der Waals surface area contributed by atoms with Gasteiger partial charge in [0.15, 0.2) is 5.78 Å². The van der Waals surface area contributed by atoms with Crippen LogP contribution in [0.4, 0.5) is 0 Å². The third kappa shape index (κ3) is 11.2. The number of unbranched alkanes of at least 4 members (excludes halogenated alkanes) is 14. The molecular formula is C34H53NO3. The fourth-order valence-corrected chi connectivity index (χ4v) is 5.61. The molecule has 2 aromatic rings. The van der Waals surface area contributed by atoms with Crippen molar-refractivity contribution in [2.24, 2.45) is 0 Å². The highest BCUT2D eigenvalue weighted by atomic mass is 16.4. The van der Waals surface area contributed by atoms with E-state index in [9.17, 15) is 14.7 Å². The maximum absolute atomic E-state index is 13.2. The van der Waals surface area contributed by atoms with Crippen LogP contribution in [0.15, 0.2) is 24.3 Å². The predicted octanol–water partition coefficient (Wildman–Crippen LogP) is 9.53. The normalized spacial score (nSPS) is 11.3. The van der Waals surface area contributed by atoms with Gasteiger partial charge in [0.2, 0.25) is 0 Å². The van der Waals surface area contributed by atoms with E-state index >= 15 is 0 Å². The molecule has 38 heavy (non-hydrogen) atoms. The van der Waals surface area contributed by atoms with Crippen molar-refractivity contribution in [3.05, 3.63) is 57.9 Å². The average Bonchev–Trinajstić information content (AvgIpc) is 3.11. The number of carbonyl (C=O) groups excluding carboxylic acids is 1. The molecule has 2 rings (SSSR count). The smallest absolute Gasteiger partial charge is 0.309 e. The number of aromatic nitrogens is 1. The highest BCUT2D eigenvalue weighted by molar-refractivity contribution is 5.99. The molecule has 212 valence electrons. The van der Waals surface area contributed by atoms with Crippen LogP contribution in [0, 0.1) is 20.8 Å². The van der Waals surface area contributed by atoms with E-state index < -0.39 is 5.97 Å². The molecule has 0 spiro atoms. The van der Waals surface area contributed by atoms with Crippen LogP contribution >= 0.6 is 0 Å². The van der Waals surface area contributed by atoms with Crippen LogP contribution in [-0.2, 0) is 17.8 Å². The molecule has 0 bridgehead atoms. The highest BCUT2D eigenvalue weighted by Crippen LogP contribution is 2.26. The Morgan fingerprint density at radius 1 is 0.711 bits per heavy atom. The number of nitrogens with zero attached hydrogens (tertiary/aromatic N) is 1. The Morgan fingerprint density at radius 3 is 1.66 bits per heavy atom. The van der Waals surface area contributed by atoms with Gasteiger partial charge >= 0.3 is 5.97 Å². The van der Waals surface area contributed by atoms with Gasteiger partial charge in [-0.2, -0.15) is 0 Å². The summed E-state index contributed by atoms with van der Waals surface area (Å²) in [5.74, 6) is -0.707. The number of benzene rings is 1. The van der Waals surface area contributed by atoms with Gasteiger partial charge in [-0.05, 0) is 38.3 Å². The van der Waals surface area contributed by atoms with Crippen LogP contribution in [0.5, 0.6) is 0 Å². The lowest BCUT2D eigenvalue weighted by Gasteiger charge is -2.12. The molecular weight excluding hydrogens is 470 g/mol. The number of carbonyl (C=O) groups is 2. The number of carboxylic acid groups (broad SMARTS) is 1. The number of hydrogen-bond acceptors (Lipinski definition) is 2. The van der Waals surface area contributed by atoms with Gasteiger partial charge in [0.05, 0.1) is 6.42 Å². The van der Waals surface area contributed by atoms with Crippen molar-refractivity contribution in [3.63, 3.8) is 0 Å². The van der Waals surface area contributed by atoms with E-state index in [4.69, 9.17) is 0 Å². The number of aryl methyl sites for hydroxylation is 1. The molecule has 0 radical (unpaired) electrons. The molecule has 0 unspecified atom stereocenters. The van der Waals surface area contributed by atoms with Crippen LogP contribution in [0.1, 0.15) is 148 Å². The molecule has 1 N–H and O–H groups in total. The Bertz CT molecular complexity index is 971. The Kier molecular flexibility index (Phi) is 15.1. The lowest BCUT2D eigenvalue weighted by atomic mass is 9.99. The van der Waals surface area contributed by atoms with Crippen molar-refractivity contribution in [1.82, 2.24) is 4.57 Å². The number of rotatable bonds is 21. The summed E-state index contributed by atoms with van der Waals surface area (Å²) >= 11 is 0. The van der Waals surface area contributed by atoms with Gasteiger partial charge < -0.3 is 9.67 Å². The average molecular weight is 524 g/mol. The zero-order valence-electron chi connectivity index (χ0n) is 24.7. The van der Waals surface area contributed by atoms with Crippen LogP contribution in [0.25, 0.3) is 0 Å². The van der Waals surface area contributed by atoms with Crippen LogP contribution in [-0.4, -0.2) is 21.4 Å². The van der Waals surface area contributed by atoms with E-state index in [0.29, 0.717) is 13.0 Å². The molecule has 0 saturated carbocycles.